The van der Waals surface area contributed by atoms with Crippen molar-refractivity contribution in [2.45, 2.75) is 25.8 Å². The largest absolute Gasteiger partial charge is 0.508 e. The van der Waals surface area contributed by atoms with E-state index >= 15 is 0 Å². The van der Waals surface area contributed by atoms with Crippen molar-refractivity contribution in [2.24, 2.45) is 5.73 Å². The van der Waals surface area contributed by atoms with Crippen LogP contribution >= 0.6 is 0 Å². The smallest absolute Gasteiger partial charge is 0.269 e. The van der Waals surface area contributed by atoms with Crippen LogP contribution in [0.2, 0.25) is 0 Å². The molecule has 0 amide bonds. The van der Waals surface area contributed by atoms with Crippen LogP contribution in [0.15, 0.2) is 18.2 Å². The fourth-order valence-corrected chi connectivity index (χ4v) is 1.32. The maximum absolute atomic E-state index is 10.5. The van der Waals surface area contributed by atoms with Crippen LogP contribution in [0.25, 0.3) is 0 Å². The van der Waals surface area contributed by atoms with Crippen LogP contribution in [0.3, 0.4) is 0 Å². The highest BCUT2D eigenvalue weighted by molar-refractivity contribution is 5.43. The van der Waals surface area contributed by atoms with Gasteiger partial charge in [0.2, 0.25) is 0 Å². The van der Waals surface area contributed by atoms with E-state index in [0.29, 0.717) is 12.0 Å². The van der Waals surface area contributed by atoms with Crippen molar-refractivity contribution >= 4 is 5.69 Å². The Hall–Kier alpha value is -1.62. The standard InChI is InChI=1S/C10H14N2O3/c1-10(2,11)6-7-5-8(12(14)15)3-4-9(7)13/h3-5,13H,6,11H2,1-2H3. The van der Waals surface area contributed by atoms with Crippen molar-refractivity contribution in [3.63, 3.8) is 0 Å². The molecule has 0 unspecified atom stereocenters. The summed E-state index contributed by atoms with van der Waals surface area (Å²) in [6, 6.07) is 3.94. The van der Waals surface area contributed by atoms with E-state index in [0.717, 1.165) is 0 Å². The van der Waals surface area contributed by atoms with E-state index in [-0.39, 0.29) is 11.4 Å². The molecule has 0 fully saturated rings. The summed E-state index contributed by atoms with van der Waals surface area (Å²) in [5.74, 6) is 0.0409. The molecule has 1 aromatic carbocycles. The van der Waals surface area contributed by atoms with E-state index in [4.69, 9.17) is 5.73 Å². The zero-order valence-electron chi connectivity index (χ0n) is 8.73. The summed E-state index contributed by atoms with van der Waals surface area (Å²) in [5, 5.41) is 20.0. The van der Waals surface area contributed by atoms with E-state index in [1.807, 2.05) is 0 Å². The zero-order chi connectivity index (χ0) is 11.6. The molecule has 0 aliphatic rings. The van der Waals surface area contributed by atoms with Crippen molar-refractivity contribution in [1.82, 2.24) is 0 Å². The summed E-state index contributed by atoms with van der Waals surface area (Å²) in [6.45, 7) is 3.59. The van der Waals surface area contributed by atoms with Crippen molar-refractivity contribution in [2.75, 3.05) is 0 Å². The van der Waals surface area contributed by atoms with Gasteiger partial charge in [-0.05, 0) is 26.3 Å². The quantitative estimate of drug-likeness (QED) is 0.585. The molecule has 1 rings (SSSR count). The number of nitro benzene ring substituents is 1. The highest BCUT2D eigenvalue weighted by Crippen LogP contribution is 2.25. The van der Waals surface area contributed by atoms with Gasteiger partial charge in [0.25, 0.3) is 5.69 Å². The van der Waals surface area contributed by atoms with Gasteiger partial charge in [0.05, 0.1) is 4.92 Å². The second-order valence-corrected chi connectivity index (χ2v) is 4.24. The van der Waals surface area contributed by atoms with Crippen LogP contribution in [-0.4, -0.2) is 15.6 Å². The maximum atomic E-state index is 10.5. The van der Waals surface area contributed by atoms with E-state index in [1.165, 1.54) is 18.2 Å². The number of nitrogens with zero attached hydrogens (tertiary/aromatic N) is 1. The third-order valence-corrected chi connectivity index (χ3v) is 1.92. The lowest BCUT2D eigenvalue weighted by atomic mass is 9.95. The number of nitro groups is 1. The Balaban J connectivity index is 3.06. The fraction of sp³-hybridized carbons (Fsp3) is 0.400. The normalized spacial score (nSPS) is 11.4. The minimum absolute atomic E-state index is 0.0351. The lowest BCUT2D eigenvalue weighted by molar-refractivity contribution is -0.384. The average molecular weight is 210 g/mol. The third kappa shape index (κ3) is 3.21. The lowest BCUT2D eigenvalue weighted by Gasteiger charge is -2.18. The minimum Gasteiger partial charge on any atom is -0.508 e. The Morgan fingerprint density at radius 3 is 2.60 bits per heavy atom. The highest BCUT2D eigenvalue weighted by Gasteiger charge is 2.17. The summed E-state index contributed by atoms with van der Waals surface area (Å²) >= 11 is 0. The molecule has 0 aliphatic heterocycles. The van der Waals surface area contributed by atoms with Crippen LogP contribution in [0.5, 0.6) is 5.75 Å². The van der Waals surface area contributed by atoms with Crippen LogP contribution in [0.1, 0.15) is 19.4 Å². The predicted molar refractivity (Wildman–Crippen MR) is 56.7 cm³/mol. The molecule has 0 radical (unpaired) electrons. The number of nitrogens with two attached hydrogens (primary N) is 1. The summed E-state index contributed by atoms with van der Waals surface area (Å²) in [7, 11) is 0. The number of phenols is 1. The number of hydrogen-bond acceptors (Lipinski definition) is 4. The van der Waals surface area contributed by atoms with E-state index in [9.17, 15) is 15.2 Å². The molecule has 1 aromatic rings. The van der Waals surface area contributed by atoms with Crippen molar-refractivity contribution < 1.29 is 10.0 Å². The first kappa shape index (κ1) is 11.5. The first-order chi connectivity index (χ1) is 6.79. The van der Waals surface area contributed by atoms with Crippen molar-refractivity contribution in [3.05, 3.63) is 33.9 Å². The minimum atomic E-state index is -0.507. The second-order valence-electron chi connectivity index (χ2n) is 4.24. The number of hydrogen-bond donors (Lipinski definition) is 2. The fourth-order valence-electron chi connectivity index (χ4n) is 1.32. The van der Waals surface area contributed by atoms with Crippen LogP contribution in [0.4, 0.5) is 5.69 Å². The topological polar surface area (TPSA) is 89.4 Å². The van der Waals surface area contributed by atoms with Gasteiger partial charge >= 0.3 is 0 Å². The monoisotopic (exact) mass is 210 g/mol. The van der Waals surface area contributed by atoms with Crippen LogP contribution in [-0.2, 0) is 6.42 Å². The lowest BCUT2D eigenvalue weighted by Crippen LogP contribution is -2.34. The molecular formula is C10H14N2O3. The first-order valence-corrected chi connectivity index (χ1v) is 4.55. The van der Waals surface area contributed by atoms with E-state index in [2.05, 4.69) is 0 Å². The van der Waals surface area contributed by atoms with Gasteiger partial charge in [0, 0.05) is 23.2 Å². The summed E-state index contributed by atoms with van der Waals surface area (Å²) < 4.78 is 0. The molecule has 15 heavy (non-hydrogen) atoms. The van der Waals surface area contributed by atoms with E-state index in [1.54, 1.807) is 13.8 Å². The first-order valence-electron chi connectivity index (χ1n) is 4.55. The predicted octanol–water partition coefficient (Wildman–Crippen LogP) is 1.58. The van der Waals surface area contributed by atoms with Crippen LogP contribution in [0, 0.1) is 10.1 Å². The number of rotatable bonds is 3. The molecule has 0 saturated carbocycles. The molecule has 0 aromatic heterocycles. The summed E-state index contributed by atoms with van der Waals surface area (Å²) in [6.07, 6.45) is 0.389. The Bertz CT molecular complexity index is 383. The molecule has 0 heterocycles. The number of phenolic OH excluding ortho intramolecular Hbond substituents is 1. The molecule has 0 aliphatic carbocycles. The summed E-state index contributed by atoms with van der Waals surface area (Å²) in [5.41, 5.74) is 5.74. The Kier molecular flexibility index (Phi) is 2.95. The molecular weight excluding hydrogens is 196 g/mol. The van der Waals surface area contributed by atoms with E-state index < -0.39 is 10.5 Å². The number of benzene rings is 1. The van der Waals surface area contributed by atoms with Gasteiger partial charge in [0.15, 0.2) is 0 Å². The van der Waals surface area contributed by atoms with Crippen molar-refractivity contribution in [1.29, 1.82) is 0 Å². The second kappa shape index (κ2) is 3.86. The molecule has 0 saturated heterocycles. The van der Waals surface area contributed by atoms with Gasteiger partial charge in [-0.3, -0.25) is 10.1 Å². The number of non-ortho nitro benzene ring substituents is 1. The maximum Gasteiger partial charge on any atom is 0.269 e. The van der Waals surface area contributed by atoms with Gasteiger partial charge in [-0.15, -0.1) is 0 Å². The molecule has 3 N–H and O–H groups in total. The van der Waals surface area contributed by atoms with Crippen molar-refractivity contribution in [3.8, 4) is 5.75 Å². The number of aromatic hydroxyl groups is 1. The Morgan fingerprint density at radius 2 is 2.13 bits per heavy atom. The average Bonchev–Trinajstić information content (AvgIpc) is 2.06. The Morgan fingerprint density at radius 1 is 1.53 bits per heavy atom. The van der Waals surface area contributed by atoms with Gasteiger partial charge in [-0.25, -0.2) is 0 Å². The van der Waals surface area contributed by atoms with Gasteiger partial charge < -0.3 is 10.8 Å². The molecule has 5 heteroatoms. The third-order valence-electron chi connectivity index (χ3n) is 1.92. The summed E-state index contributed by atoms with van der Waals surface area (Å²) in [4.78, 5) is 10.0. The zero-order valence-corrected chi connectivity index (χ0v) is 8.73. The molecule has 5 nitrogen and oxygen atoms in total. The van der Waals surface area contributed by atoms with Gasteiger partial charge in [-0.2, -0.15) is 0 Å². The molecule has 82 valence electrons. The SMILES string of the molecule is CC(C)(N)Cc1cc([N+](=O)[O-])ccc1O. The van der Waals surface area contributed by atoms with Gasteiger partial charge in [0.1, 0.15) is 5.75 Å². The molecule has 0 bridgehead atoms. The van der Waals surface area contributed by atoms with Crippen LogP contribution < -0.4 is 5.73 Å². The molecule has 0 atom stereocenters. The molecule has 0 spiro atoms. The highest BCUT2D eigenvalue weighted by atomic mass is 16.6. The Labute approximate surface area is 87.7 Å². The van der Waals surface area contributed by atoms with Gasteiger partial charge in [-0.1, -0.05) is 0 Å².